The molecule has 1 aliphatic heterocycles. The van der Waals surface area contributed by atoms with E-state index in [1.165, 1.54) is 0 Å². The molecule has 1 atom stereocenters. The van der Waals surface area contributed by atoms with Gasteiger partial charge in [-0.3, -0.25) is 4.79 Å². The van der Waals surface area contributed by atoms with Gasteiger partial charge in [-0.2, -0.15) is 0 Å². The van der Waals surface area contributed by atoms with E-state index in [2.05, 4.69) is 11.1 Å². The Hall–Kier alpha value is -1.58. The second kappa shape index (κ2) is 4.73. The Morgan fingerprint density at radius 3 is 2.76 bits per heavy atom. The summed E-state index contributed by atoms with van der Waals surface area (Å²) < 4.78 is 0. The molecule has 2 rings (SSSR count). The molecule has 0 radical (unpaired) electrons. The SMILES string of the molecule is CC(=O)N1CCC[C@@H]1c1ccc(N(C)C)nc1. The van der Waals surface area contributed by atoms with E-state index < -0.39 is 0 Å². The molecule has 0 saturated carbocycles. The summed E-state index contributed by atoms with van der Waals surface area (Å²) >= 11 is 0. The van der Waals surface area contributed by atoms with Crippen LogP contribution < -0.4 is 4.90 Å². The minimum absolute atomic E-state index is 0.157. The normalized spacial score (nSPS) is 19.5. The quantitative estimate of drug-likeness (QED) is 0.782. The van der Waals surface area contributed by atoms with Gasteiger partial charge in [-0.15, -0.1) is 0 Å². The number of hydrogen-bond acceptors (Lipinski definition) is 3. The van der Waals surface area contributed by atoms with Crippen molar-refractivity contribution in [3.05, 3.63) is 23.9 Å². The second-order valence-electron chi connectivity index (χ2n) is 4.71. The highest BCUT2D eigenvalue weighted by molar-refractivity contribution is 5.74. The van der Waals surface area contributed by atoms with E-state index in [1.807, 2.05) is 36.2 Å². The Kier molecular flexibility index (Phi) is 3.31. The molecule has 4 nitrogen and oxygen atoms in total. The molecule has 0 spiro atoms. The number of rotatable bonds is 2. The summed E-state index contributed by atoms with van der Waals surface area (Å²) in [5, 5.41) is 0. The number of nitrogens with zero attached hydrogens (tertiary/aromatic N) is 3. The van der Waals surface area contributed by atoms with Crippen molar-refractivity contribution in [2.45, 2.75) is 25.8 Å². The van der Waals surface area contributed by atoms with Crippen LogP contribution in [0.25, 0.3) is 0 Å². The van der Waals surface area contributed by atoms with Gasteiger partial charge < -0.3 is 9.80 Å². The highest BCUT2D eigenvalue weighted by Crippen LogP contribution is 2.31. The zero-order chi connectivity index (χ0) is 12.4. The van der Waals surface area contributed by atoms with Crippen molar-refractivity contribution in [2.75, 3.05) is 25.5 Å². The van der Waals surface area contributed by atoms with Crippen molar-refractivity contribution in [1.29, 1.82) is 0 Å². The average Bonchev–Trinajstić information content (AvgIpc) is 2.78. The van der Waals surface area contributed by atoms with Crippen LogP contribution in [-0.2, 0) is 4.79 Å². The molecule has 4 heteroatoms. The first-order valence-corrected chi connectivity index (χ1v) is 6.00. The summed E-state index contributed by atoms with van der Waals surface area (Å²) in [6.45, 7) is 2.51. The fraction of sp³-hybridized carbons (Fsp3) is 0.538. The lowest BCUT2D eigenvalue weighted by Crippen LogP contribution is -2.28. The molecule has 0 unspecified atom stereocenters. The molecule has 1 aliphatic rings. The van der Waals surface area contributed by atoms with Crippen LogP contribution in [0, 0.1) is 0 Å². The highest BCUT2D eigenvalue weighted by Gasteiger charge is 2.27. The number of likely N-dealkylation sites (tertiary alicyclic amines) is 1. The third kappa shape index (κ3) is 2.40. The molecule has 0 aromatic carbocycles. The van der Waals surface area contributed by atoms with Crippen LogP contribution in [0.5, 0.6) is 0 Å². The maximum atomic E-state index is 11.5. The molecule has 1 aromatic rings. The minimum atomic E-state index is 0.157. The van der Waals surface area contributed by atoms with Gasteiger partial charge >= 0.3 is 0 Å². The molecular formula is C13H19N3O. The van der Waals surface area contributed by atoms with Crippen molar-refractivity contribution < 1.29 is 4.79 Å². The zero-order valence-electron chi connectivity index (χ0n) is 10.7. The number of aromatic nitrogens is 1. The van der Waals surface area contributed by atoms with Crippen LogP contribution in [0.15, 0.2) is 18.3 Å². The number of carbonyl (C=O) groups is 1. The predicted molar refractivity (Wildman–Crippen MR) is 67.9 cm³/mol. The first-order chi connectivity index (χ1) is 8.09. The molecule has 92 valence electrons. The molecule has 1 saturated heterocycles. The zero-order valence-corrected chi connectivity index (χ0v) is 10.7. The highest BCUT2D eigenvalue weighted by atomic mass is 16.2. The Labute approximate surface area is 102 Å². The van der Waals surface area contributed by atoms with E-state index in [4.69, 9.17) is 0 Å². The van der Waals surface area contributed by atoms with Crippen molar-refractivity contribution in [2.24, 2.45) is 0 Å². The third-order valence-corrected chi connectivity index (χ3v) is 3.27. The molecule has 1 amide bonds. The maximum Gasteiger partial charge on any atom is 0.219 e. The Balaban J connectivity index is 2.19. The van der Waals surface area contributed by atoms with Gasteiger partial charge in [-0.1, -0.05) is 6.07 Å². The van der Waals surface area contributed by atoms with E-state index in [-0.39, 0.29) is 11.9 Å². The standard InChI is InChI=1S/C13H19N3O/c1-10(17)16-8-4-5-12(16)11-6-7-13(14-9-11)15(2)3/h6-7,9,12H,4-5,8H2,1-3H3/t12-/m1/s1. The molecule has 0 N–H and O–H groups in total. The van der Waals surface area contributed by atoms with Gasteiger partial charge in [0.15, 0.2) is 0 Å². The van der Waals surface area contributed by atoms with Crippen molar-refractivity contribution in [3.8, 4) is 0 Å². The summed E-state index contributed by atoms with van der Waals surface area (Å²) in [6.07, 6.45) is 4.02. The van der Waals surface area contributed by atoms with Gasteiger partial charge in [-0.05, 0) is 24.5 Å². The van der Waals surface area contributed by atoms with Crippen molar-refractivity contribution in [1.82, 2.24) is 9.88 Å². The largest absolute Gasteiger partial charge is 0.363 e. The van der Waals surface area contributed by atoms with Crippen molar-refractivity contribution in [3.63, 3.8) is 0 Å². The molecule has 0 bridgehead atoms. The van der Waals surface area contributed by atoms with Crippen LogP contribution in [0.1, 0.15) is 31.4 Å². The van der Waals surface area contributed by atoms with E-state index >= 15 is 0 Å². The van der Waals surface area contributed by atoms with Gasteiger partial charge in [0, 0.05) is 33.8 Å². The van der Waals surface area contributed by atoms with Gasteiger partial charge in [-0.25, -0.2) is 4.98 Å². The number of hydrogen-bond donors (Lipinski definition) is 0. The Bertz CT molecular complexity index is 400. The topological polar surface area (TPSA) is 36.4 Å². The smallest absolute Gasteiger partial charge is 0.219 e. The first-order valence-electron chi connectivity index (χ1n) is 6.00. The van der Waals surface area contributed by atoms with Gasteiger partial charge in [0.1, 0.15) is 5.82 Å². The first kappa shape index (κ1) is 11.9. The number of amides is 1. The van der Waals surface area contributed by atoms with Crippen molar-refractivity contribution >= 4 is 11.7 Å². The fourth-order valence-electron chi connectivity index (χ4n) is 2.35. The van der Waals surface area contributed by atoms with Gasteiger partial charge in [0.05, 0.1) is 6.04 Å². The van der Waals surface area contributed by atoms with Crippen LogP contribution in [0.3, 0.4) is 0 Å². The van der Waals surface area contributed by atoms with E-state index in [1.54, 1.807) is 6.92 Å². The number of anilines is 1. The van der Waals surface area contributed by atoms with Crippen LogP contribution in [0.2, 0.25) is 0 Å². The minimum Gasteiger partial charge on any atom is -0.363 e. The summed E-state index contributed by atoms with van der Waals surface area (Å²) in [7, 11) is 3.94. The maximum absolute atomic E-state index is 11.5. The number of carbonyl (C=O) groups excluding carboxylic acids is 1. The molecule has 2 heterocycles. The van der Waals surface area contributed by atoms with E-state index in [9.17, 15) is 4.79 Å². The molecule has 17 heavy (non-hydrogen) atoms. The summed E-state index contributed by atoms with van der Waals surface area (Å²) in [4.78, 5) is 19.8. The van der Waals surface area contributed by atoms with Crippen LogP contribution >= 0.6 is 0 Å². The molecular weight excluding hydrogens is 214 g/mol. The number of pyridine rings is 1. The second-order valence-corrected chi connectivity index (χ2v) is 4.71. The molecule has 0 aliphatic carbocycles. The predicted octanol–water partition coefficient (Wildman–Crippen LogP) is 1.83. The summed E-state index contributed by atoms with van der Waals surface area (Å²) in [5.74, 6) is 1.10. The lowest BCUT2D eigenvalue weighted by molar-refractivity contribution is -0.129. The van der Waals surface area contributed by atoms with Crippen LogP contribution in [-0.4, -0.2) is 36.4 Å². The summed E-state index contributed by atoms with van der Waals surface area (Å²) in [5.41, 5.74) is 1.14. The Morgan fingerprint density at radius 2 is 2.24 bits per heavy atom. The van der Waals surface area contributed by atoms with Crippen LogP contribution in [0.4, 0.5) is 5.82 Å². The lowest BCUT2D eigenvalue weighted by atomic mass is 10.1. The molecule has 1 aromatic heterocycles. The fourth-order valence-corrected chi connectivity index (χ4v) is 2.35. The average molecular weight is 233 g/mol. The van der Waals surface area contributed by atoms with Gasteiger partial charge in [0.25, 0.3) is 0 Å². The van der Waals surface area contributed by atoms with E-state index in [0.717, 1.165) is 30.8 Å². The van der Waals surface area contributed by atoms with E-state index in [0.29, 0.717) is 0 Å². The Morgan fingerprint density at radius 1 is 1.47 bits per heavy atom. The summed E-state index contributed by atoms with van der Waals surface area (Å²) in [6, 6.07) is 4.30. The molecule has 1 fully saturated rings. The van der Waals surface area contributed by atoms with Gasteiger partial charge in [0.2, 0.25) is 5.91 Å². The monoisotopic (exact) mass is 233 g/mol. The lowest BCUT2D eigenvalue weighted by Gasteiger charge is -2.23. The third-order valence-electron chi connectivity index (χ3n) is 3.27.